The van der Waals surface area contributed by atoms with Gasteiger partial charge in [-0.05, 0) is 29.2 Å². The van der Waals surface area contributed by atoms with Gasteiger partial charge in [0.15, 0.2) is 6.61 Å². The predicted octanol–water partition coefficient (Wildman–Crippen LogP) is 3.09. The zero-order chi connectivity index (χ0) is 16.8. The summed E-state index contributed by atoms with van der Waals surface area (Å²) in [6.45, 7) is 5.75. The van der Waals surface area contributed by atoms with Crippen molar-refractivity contribution in [2.24, 2.45) is 5.92 Å². The molecule has 1 amide bonds. The molecule has 0 spiro atoms. The van der Waals surface area contributed by atoms with E-state index in [1.807, 2.05) is 63.2 Å². The third-order valence-electron chi connectivity index (χ3n) is 3.97. The number of ether oxygens (including phenoxy) is 1. The van der Waals surface area contributed by atoms with Crippen LogP contribution in [0.1, 0.15) is 26.3 Å². The standard InChI is InChI=1S/C19H23NO3/c1-13(2)14(3)20-18(21)12-23-19(22)11-16-9-6-8-15-7-4-5-10-17(15)16/h4-10,13-14H,11-12H2,1-3H3,(H,20,21)/t14-/m0/s1. The molecule has 0 bridgehead atoms. The van der Waals surface area contributed by atoms with E-state index in [0.717, 1.165) is 16.3 Å². The fourth-order valence-corrected chi connectivity index (χ4v) is 2.26. The molecule has 0 saturated heterocycles. The minimum Gasteiger partial charge on any atom is -0.455 e. The molecule has 1 atom stereocenters. The average Bonchev–Trinajstić information content (AvgIpc) is 2.53. The average molecular weight is 313 g/mol. The van der Waals surface area contributed by atoms with Gasteiger partial charge in [-0.1, -0.05) is 56.3 Å². The second kappa shape index (κ2) is 7.77. The van der Waals surface area contributed by atoms with Crippen molar-refractivity contribution in [3.8, 4) is 0 Å². The maximum atomic E-state index is 12.0. The van der Waals surface area contributed by atoms with Crippen LogP contribution in [0.5, 0.6) is 0 Å². The molecule has 0 unspecified atom stereocenters. The molecule has 4 nitrogen and oxygen atoms in total. The topological polar surface area (TPSA) is 55.4 Å². The molecule has 0 aliphatic rings. The fourth-order valence-electron chi connectivity index (χ4n) is 2.26. The Kier molecular flexibility index (Phi) is 5.74. The number of benzene rings is 2. The van der Waals surface area contributed by atoms with Gasteiger partial charge in [-0.3, -0.25) is 9.59 Å². The fraction of sp³-hybridized carbons (Fsp3) is 0.368. The highest BCUT2D eigenvalue weighted by Crippen LogP contribution is 2.19. The summed E-state index contributed by atoms with van der Waals surface area (Å²) in [5, 5.41) is 4.93. The van der Waals surface area contributed by atoms with Crippen molar-refractivity contribution in [3.05, 3.63) is 48.0 Å². The van der Waals surface area contributed by atoms with E-state index in [9.17, 15) is 9.59 Å². The molecule has 23 heavy (non-hydrogen) atoms. The van der Waals surface area contributed by atoms with Crippen LogP contribution in [0.2, 0.25) is 0 Å². The van der Waals surface area contributed by atoms with E-state index in [2.05, 4.69) is 5.32 Å². The van der Waals surface area contributed by atoms with E-state index in [1.54, 1.807) is 0 Å². The lowest BCUT2D eigenvalue weighted by molar-refractivity contribution is -0.148. The van der Waals surface area contributed by atoms with E-state index >= 15 is 0 Å². The normalized spacial score (nSPS) is 12.2. The molecule has 0 aliphatic heterocycles. The summed E-state index contributed by atoms with van der Waals surface area (Å²) in [6.07, 6.45) is 0.161. The number of carbonyl (C=O) groups is 2. The summed E-state index contributed by atoms with van der Waals surface area (Å²) in [5.74, 6) is -0.323. The van der Waals surface area contributed by atoms with Crippen molar-refractivity contribution in [1.29, 1.82) is 0 Å². The lowest BCUT2D eigenvalue weighted by atomic mass is 10.0. The summed E-state index contributed by atoms with van der Waals surface area (Å²) < 4.78 is 5.09. The van der Waals surface area contributed by atoms with E-state index in [-0.39, 0.29) is 25.0 Å². The minimum absolute atomic E-state index is 0.0549. The highest BCUT2D eigenvalue weighted by Gasteiger charge is 2.13. The van der Waals surface area contributed by atoms with Crippen molar-refractivity contribution >= 4 is 22.6 Å². The second-order valence-electron chi connectivity index (χ2n) is 6.08. The van der Waals surface area contributed by atoms with Gasteiger partial charge < -0.3 is 10.1 Å². The molecule has 2 aromatic rings. The van der Waals surface area contributed by atoms with Crippen molar-refractivity contribution in [2.45, 2.75) is 33.2 Å². The van der Waals surface area contributed by atoms with Crippen molar-refractivity contribution < 1.29 is 14.3 Å². The Morgan fingerprint density at radius 1 is 1.04 bits per heavy atom. The first-order valence-electron chi connectivity index (χ1n) is 7.89. The zero-order valence-corrected chi connectivity index (χ0v) is 13.8. The Labute approximate surface area is 136 Å². The van der Waals surface area contributed by atoms with Crippen molar-refractivity contribution in [2.75, 3.05) is 6.61 Å². The van der Waals surface area contributed by atoms with Gasteiger partial charge in [0.2, 0.25) is 0 Å². The molecule has 4 heteroatoms. The molecule has 2 aromatic carbocycles. The number of hydrogen-bond donors (Lipinski definition) is 1. The number of hydrogen-bond acceptors (Lipinski definition) is 3. The van der Waals surface area contributed by atoms with Gasteiger partial charge in [0, 0.05) is 6.04 Å². The van der Waals surface area contributed by atoms with Gasteiger partial charge >= 0.3 is 5.97 Å². The third kappa shape index (κ3) is 4.81. The van der Waals surface area contributed by atoms with Gasteiger partial charge in [0.05, 0.1) is 6.42 Å². The zero-order valence-electron chi connectivity index (χ0n) is 13.8. The molecule has 0 aromatic heterocycles. The van der Waals surface area contributed by atoms with Crippen molar-refractivity contribution in [3.63, 3.8) is 0 Å². The Bertz CT molecular complexity index is 689. The summed E-state index contributed by atoms with van der Waals surface area (Å²) in [4.78, 5) is 23.7. The highest BCUT2D eigenvalue weighted by molar-refractivity contribution is 5.89. The van der Waals surface area contributed by atoms with E-state index < -0.39 is 5.97 Å². The largest absolute Gasteiger partial charge is 0.455 e. The molecule has 122 valence electrons. The Hall–Kier alpha value is -2.36. The van der Waals surface area contributed by atoms with Crippen LogP contribution in [0.25, 0.3) is 10.8 Å². The van der Waals surface area contributed by atoms with Gasteiger partial charge in [0.25, 0.3) is 5.91 Å². The monoisotopic (exact) mass is 313 g/mol. The second-order valence-corrected chi connectivity index (χ2v) is 6.08. The Morgan fingerprint density at radius 3 is 2.48 bits per heavy atom. The van der Waals surface area contributed by atoms with Gasteiger partial charge in [-0.2, -0.15) is 0 Å². The first kappa shape index (κ1) is 17.0. The summed E-state index contributed by atoms with van der Waals surface area (Å²) in [7, 11) is 0. The van der Waals surface area contributed by atoms with Crippen LogP contribution in [0, 0.1) is 5.92 Å². The number of carbonyl (C=O) groups excluding carboxylic acids is 2. The molecule has 0 aliphatic carbocycles. The molecule has 1 N–H and O–H groups in total. The third-order valence-corrected chi connectivity index (χ3v) is 3.97. The number of rotatable bonds is 6. The highest BCUT2D eigenvalue weighted by atomic mass is 16.5. The summed E-state index contributed by atoms with van der Waals surface area (Å²) in [5.41, 5.74) is 0.907. The minimum atomic E-state index is -0.395. The van der Waals surface area contributed by atoms with Crippen LogP contribution >= 0.6 is 0 Å². The molecular formula is C19H23NO3. The van der Waals surface area contributed by atoms with Crippen LogP contribution in [-0.2, 0) is 20.7 Å². The van der Waals surface area contributed by atoms with Crippen LogP contribution in [0.3, 0.4) is 0 Å². The number of fused-ring (bicyclic) bond motifs is 1. The number of amides is 1. The molecule has 0 radical (unpaired) electrons. The molecule has 0 fully saturated rings. The van der Waals surface area contributed by atoms with Gasteiger partial charge in [-0.25, -0.2) is 0 Å². The lowest BCUT2D eigenvalue weighted by Crippen LogP contribution is -2.38. The van der Waals surface area contributed by atoms with E-state index in [0.29, 0.717) is 5.92 Å². The maximum absolute atomic E-state index is 12.0. The molecule has 0 saturated carbocycles. The van der Waals surface area contributed by atoms with E-state index in [1.165, 1.54) is 0 Å². The number of esters is 1. The first-order valence-corrected chi connectivity index (χ1v) is 7.89. The lowest BCUT2D eigenvalue weighted by Gasteiger charge is -2.17. The quantitative estimate of drug-likeness (QED) is 0.834. The van der Waals surface area contributed by atoms with E-state index in [4.69, 9.17) is 4.74 Å². The number of nitrogens with one attached hydrogen (secondary N) is 1. The summed E-state index contributed by atoms with van der Waals surface area (Å²) >= 11 is 0. The van der Waals surface area contributed by atoms with Crippen molar-refractivity contribution in [1.82, 2.24) is 5.32 Å². The Morgan fingerprint density at radius 2 is 1.74 bits per heavy atom. The first-order chi connectivity index (χ1) is 11.0. The summed E-state index contributed by atoms with van der Waals surface area (Å²) in [6, 6.07) is 13.8. The molecular weight excluding hydrogens is 290 g/mol. The van der Waals surface area contributed by atoms with Gasteiger partial charge in [-0.15, -0.1) is 0 Å². The van der Waals surface area contributed by atoms with Crippen LogP contribution in [-0.4, -0.2) is 24.5 Å². The van der Waals surface area contributed by atoms with Gasteiger partial charge in [0.1, 0.15) is 0 Å². The van der Waals surface area contributed by atoms with Crippen LogP contribution in [0.15, 0.2) is 42.5 Å². The molecule has 2 rings (SSSR count). The predicted molar refractivity (Wildman–Crippen MR) is 91.1 cm³/mol. The van der Waals surface area contributed by atoms with Crippen LogP contribution < -0.4 is 5.32 Å². The SMILES string of the molecule is CC(C)[C@H](C)NC(=O)COC(=O)Cc1cccc2ccccc12. The Balaban J connectivity index is 1.91. The van der Waals surface area contributed by atoms with Crippen LogP contribution in [0.4, 0.5) is 0 Å². The smallest absolute Gasteiger partial charge is 0.310 e. The maximum Gasteiger partial charge on any atom is 0.310 e. The molecule has 0 heterocycles.